The van der Waals surface area contributed by atoms with E-state index in [9.17, 15) is 25.5 Å². The SMILES string of the molecule is CC1(C)[C@H](O)[C@H](O)C[C@@]2(C)[C@H]1CC[C@]1(O)C[C@]3(C)CC[C@@H]4[C@](C)(CC[C@H](O)[C@]4(C)CO)[C@H]3CC[C@@H]12. The normalized spacial score (nSPS) is 59.9. The van der Waals surface area contributed by atoms with Gasteiger partial charge in [-0.2, -0.15) is 0 Å². The molecule has 202 valence electrons. The van der Waals surface area contributed by atoms with Crippen molar-refractivity contribution in [3.05, 3.63) is 0 Å². The van der Waals surface area contributed by atoms with Crippen molar-refractivity contribution in [2.24, 2.45) is 50.7 Å². The van der Waals surface area contributed by atoms with Crippen LogP contribution in [0.15, 0.2) is 0 Å². The predicted octanol–water partition coefficient (Wildman–Crippen LogP) is 4.28. The van der Waals surface area contributed by atoms with Crippen LogP contribution in [0.25, 0.3) is 0 Å². The van der Waals surface area contributed by atoms with Crippen LogP contribution < -0.4 is 0 Å². The van der Waals surface area contributed by atoms with E-state index in [-0.39, 0.29) is 46.0 Å². The smallest absolute Gasteiger partial charge is 0.0852 e. The molecule has 0 bridgehead atoms. The van der Waals surface area contributed by atoms with Crippen LogP contribution in [-0.4, -0.2) is 56.1 Å². The molecule has 5 fully saturated rings. The summed E-state index contributed by atoms with van der Waals surface area (Å²) in [6, 6.07) is 0. The number of rotatable bonds is 1. The van der Waals surface area contributed by atoms with E-state index in [1.54, 1.807) is 0 Å². The van der Waals surface area contributed by atoms with E-state index < -0.39 is 29.3 Å². The second-order valence-electron chi connectivity index (χ2n) is 15.6. The quantitative estimate of drug-likeness (QED) is 0.376. The zero-order valence-corrected chi connectivity index (χ0v) is 23.1. The van der Waals surface area contributed by atoms with Gasteiger partial charge in [-0.1, -0.05) is 41.5 Å². The molecule has 0 unspecified atom stereocenters. The first-order chi connectivity index (χ1) is 16.1. The number of hydrogen-bond acceptors (Lipinski definition) is 5. The van der Waals surface area contributed by atoms with Crippen molar-refractivity contribution < 1.29 is 25.5 Å². The number of hydrogen-bond donors (Lipinski definition) is 5. The van der Waals surface area contributed by atoms with E-state index in [1.807, 2.05) is 0 Å². The van der Waals surface area contributed by atoms with Crippen molar-refractivity contribution in [2.75, 3.05) is 6.61 Å². The highest BCUT2D eigenvalue weighted by Crippen LogP contribution is 2.71. The van der Waals surface area contributed by atoms with Crippen LogP contribution in [0, 0.1) is 50.7 Å². The number of aliphatic hydroxyl groups is 5. The Morgan fingerprint density at radius 1 is 0.686 bits per heavy atom. The zero-order chi connectivity index (χ0) is 25.8. The molecule has 5 aliphatic rings. The zero-order valence-electron chi connectivity index (χ0n) is 23.1. The second kappa shape index (κ2) is 7.91. The van der Waals surface area contributed by atoms with Gasteiger partial charge in [-0.05, 0) is 110 Å². The summed E-state index contributed by atoms with van der Waals surface area (Å²) in [5, 5.41) is 55.6. The lowest BCUT2D eigenvalue weighted by molar-refractivity contribution is -0.236. The van der Waals surface area contributed by atoms with E-state index in [0.29, 0.717) is 12.3 Å². The van der Waals surface area contributed by atoms with E-state index in [0.717, 1.165) is 57.8 Å². The third-order valence-corrected chi connectivity index (χ3v) is 13.5. The fraction of sp³-hybridized carbons (Fsp3) is 1.00. The topological polar surface area (TPSA) is 101 Å². The highest BCUT2D eigenvalue weighted by Gasteiger charge is 2.68. The molecule has 35 heavy (non-hydrogen) atoms. The van der Waals surface area contributed by atoms with E-state index in [1.165, 1.54) is 0 Å². The van der Waals surface area contributed by atoms with Crippen LogP contribution in [-0.2, 0) is 0 Å². The Hall–Kier alpha value is -0.200. The molecule has 5 aliphatic carbocycles. The molecule has 5 rings (SSSR count). The summed E-state index contributed by atoms with van der Waals surface area (Å²) in [5.74, 6) is 1.11. The standard InChI is InChI=1S/C30H52O5/c1-25(2)19-10-14-30(35)16-26(3)12-9-21-27(4,13-11-23(33)29(21,6)17-31)20(26)7-8-22(30)28(19,5)15-18(32)24(25)34/h18-24,31-35H,7-17H2,1-6H3/t18-,19+,20+,21-,22-,23+,24-,26+,27-,28+,29-,30+/m1/s1. The summed E-state index contributed by atoms with van der Waals surface area (Å²) in [4.78, 5) is 0. The van der Waals surface area contributed by atoms with Gasteiger partial charge in [-0.25, -0.2) is 0 Å². The summed E-state index contributed by atoms with van der Waals surface area (Å²) < 4.78 is 0. The van der Waals surface area contributed by atoms with Gasteiger partial charge in [-0.3, -0.25) is 0 Å². The molecule has 0 aromatic rings. The molecule has 0 amide bonds. The maximum Gasteiger partial charge on any atom is 0.0852 e. The molecule has 5 N–H and O–H groups in total. The van der Waals surface area contributed by atoms with Gasteiger partial charge < -0.3 is 25.5 Å². The molecule has 0 heterocycles. The van der Waals surface area contributed by atoms with Crippen molar-refractivity contribution >= 4 is 0 Å². The Labute approximate surface area is 212 Å². The highest BCUT2D eigenvalue weighted by molar-refractivity contribution is 5.17. The minimum absolute atomic E-state index is 0.0267. The molecule has 12 atom stereocenters. The summed E-state index contributed by atoms with van der Waals surface area (Å²) in [7, 11) is 0. The lowest BCUT2D eigenvalue weighted by Gasteiger charge is -2.65. The fourth-order valence-electron chi connectivity index (χ4n) is 11.9. The average Bonchev–Trinajstić information content (AvgIpc) is 2.89. The third-order valence-electron chi connectivity index (χ3n) is 13.5. The Morgan fingerprint density at radius 2 is 1.31 bits per heavy atom. The summed E-state index contributed by atoms with van der Waals surface area (Å²) in [6.07, 6.45) is 6.86. The average molecular weight is 493 g/mol. The molecule has 0 aromatic heterocycles. The Bertz CT molecular complexity index is 845. The summed E-state index contributed by atoms with van der Waals surface area (Å²) in [6.45, 7) is 13.5. The molecule has 5 saturated carbocycles. The van der Waals surface area contributed by atoms with Gasteiger partial charge in [0.15, 0.2) is 0 Å². The van der Waals surface area contributed by atoms with Gasteiger partial charge in [0, 0.05) is 5.41 Å². The first-order valence-electron chi connectivity index (χ1n) is 14.5. The van der Waals surface area contributed by atoms with Crippen molar-refractivity contribution in [1.82, 2.24) is 0 Å². The van der Waals surface area contributed by atoms with E-state index in [4.69, 9.17) is 0 Å². The Morgan fingerprint density at radius 3 is 1.97 bits per heavy atom. The Balaban J connectivity index is 1.53. The largest absolute Gasteiger partial charge is 0.396 e. The molecule has 0 saturated heterocycles. The molecule has 0 aromatic carbocycles. The third kappa shape index (κ3) is 3.36. The summed E-state index contributed by atoms with van der Waals surface area (Å²) >= 11 is 0. The van der Waals surface area contributed by atoms with Gasteiger partial charge >= 0.3 is 0 Å². The van der Waals surface area contributed by atoms with Crippen molar-refractivity contribution in [2.45, 2.75) is 130 Å². The van der Waals surface area contributed by atoms with Gasteiger partial charge in [0.05, 0.1) is 30.5 Å². The minimum Gasteiger partial charge on any atom is -0.396 e. The van der Waals surface area contributed by atoms with E-state index in [2.05, 4.69) is 41.5 Å². The van der Waals surface area contributed by atoms with Gasteiger partial charge in [0.2, 0.25) is 0 Å². The minimum atomic E-state index is -0.748. The number of fused-ring (bicyclic) bond motifs is 6. The maximum absolute atomic E-state index is 12.4. The van der Waals surface area contributed by atoms with Crippen LogP contribution >= 0.6 is 0 Å². The first kappa shape index (κ1) is 26.4. The molecular weight excluding hydrogens is 440 g/mol. The second-order valence-corrected chi connectivity index (χ2v) is 15.6. The molecular formula is C30H52O5. The van der Waals surface area contributed by atoms with E-state index >= 15 is 0 Å². The molecule has 0 radical (unpaired) electrons. The molecule has 5 heteroatoms. The van der Waals surface area contributed by atoms with Crippen LogP contribution in [0.3, 0.4) is 0 Å². The van der Waals surface area contributed by atoms with Crippen LogP contribution in [0.1, 0.15) is 106 Å². The van der Waals surface area contributed by atoms with Gasteiger partial charge in [0.25, 0.3) is 0 Å². The monoisotopic (exact) mass is 492 g/mol. The lowest BCUT2D eigenvalue weighted by atomic mass is 9.41. The maximum atomic E-state index is 12.4. The highest BCUT2D eigenvalue weighted by atomic mass is 16.3. The van der Waals surface area contributed by atoms with Crippen LogP contribution in [0.5, 0.6) is 0 Å². The predicted molar refractivity (Wildman–Crippen MR) is 136 cm³/mol. The number of aliphatic hydroxyl groups excluding tert-OH is 4. The first-order valence-corrected chi connectivity index (χ1v) is 14.5. The summed E-state index contributed by atoms with van der Waals surface area (Å²) in [5.41, 5.74) is -1.73. The van der Waals surface area contributed by atoms with Gasteiger partial charge in [0.1, 0.15) is 0 Å². The van der Waals surface area contributed by atoms with Crippen molar-refractivity contribution in [3.8, 4) is 0 Å². The van der Waals surface area contributed by atoms with Gasteiger partial charge in [-0.15, -0.1) is 0 Å². The molecule has 5 nitrogen and oxygen atoms in total. The van der Waals surface area contributed by atoms with Crippen LogP contribution in [0.2, 0.25) is 0 Å². The van der Waals surface area contributed by atoms with Crippen LogP contribution in [0.4, 0.5) is 0 Å². The van der Waals surface area contributed by atoms with Crippen molar-refractivity contribution in [1.29, 1.82) is 0 Å². The van der Waals surface area contributed by atoms with Crippen molar-refractivity contribution in [3.63, 3.8) is 0 Å². The molecule has 0 spiro atoms. The fourth-order valence-corrected chi connectivity index (χ4v) is 11.9. The lowest BCUT2D eigenvalue weighted by Crippen LogP contribution is -2.65. The molecule has 0 aliphatic heterocycles. The Kier molecular flexibility index (Phi) is 5.97.